The molecule has 1 fully saturated rings. The van der Waals surface area contributed by atoms with E-state index >= 15 is 0 Å². The van der Waals surface area contributed by atoms with Crippen molar-refractivity contribution in [2.75, 3.05) is 19.8 Å². The van der Waals surface area contributed by atoms with Crippen LogP contribution in [0.5, 0.6) is 0 Å². The second-order valence-electron chi connectivity index (χ2n) is 6.36. The van der Waals surface area contributed by atoms with Crippen molar-refractivity contribution in [1.82, 2.24) is 5.32 Å². The summed E-state index contributed by atoms with van der Waals surface area (Å²) in [5, 5.41) is 13.9. The molecule has 1 saturated heterocycles. The van der Waals surface area contributed by atoms with Crippen LogP contribution in [-0.4, -0.2) is 30.6 Å². The van der Waals surface area contributed by atoms with Gasteiger partial charge in [-0.15, -0.1) is 0 Å². The Morgan fingerprint density at radius 1 is 1.15 bits per heavy atom. The van der Waals surface area contributed by atoms with Crippen LogP contribution in [0.1, 0.15) is 28.8 Å². The maximum atomic E-state index is 13.3. The van der Waals surface area contributed by atoms with Crippen LogP contribution >= 0.6 is 0 Å². The monoisotopic (exact) mass is 358 g/mol. The van der Waals surface area contributed by atoms with Gasteiger partial charge >= 0.3 is 0 Å². The van der Waals surface area contributed by atoms with Gasteiger partial charge in [0.2, 0.25) is 0 Å². The molecule has 0 unspecified atom stereocenters. The number of carbonyl (C=O) groups excluding carboxylic acids is 1. The fourth-order valence-electron chi connectivity index (χ4n) is 3.30. The summed E-state index contributed by atoms with van der Waals surface area (Å²) < 4.78 is 18.7. The zero-order chi connectivity index (χ0) is 18.6. The standard InChI is InChI=1S/C19H19FN2O4/c20-15-7-5-14(6-8-15)19(9-11-26-12-10-19)13-21-18(23)16-3-1-2-4-17(16)22(24)25/h1-8H,9-13H2,(H,21,23). The van der Waals surface area contributed by atoms with E-state index in [0.29, 0.717) is 32.6 Å². The summed E-state index contributed by atoms with van der Waals surface area (Å²) in [6.07, 6.45) is 1.35. The van der Waals surface area contributed by atoms with Crippen molar-refractivity contribution in [2.24, 2.45) is 0 Å². The van der Waals surface area contributed by atoms with Crippen molar-refractivity contribution < 1.29 is 18.8 Å². The number of para-hydroxylation sites is 1. The second-order valence-corrected chi connectivity index (χ2v) is 6.36. The van der Waals surface area contributed by atoms with Gasteiger partial charge in [-0.05, 0) is 36.6 Å². The number of nitrogens with one attached hydrogen (secondary N) is 1. The van der Waals surface area contributed by atoms with Crippen LogP contribution in [0.15, 0.2) is 48.5 Å². The maximum Gasteiger partial charge on any atom is 0.282 e. The molecule has 1 N–H and O–H groups in total. The lowest BCUT2D eigenvalue weighted by Gasteiger charge is -2.38. The number of nitro benzene ring substituents is 1. The predicted octanol–water partition coefficient (Wildman–Crippen LogP) is 3.21. The van der Waals surface area contributed by atoms with Crippen molar-refractivity contribution in [3.63, 3.8) is 0 Å². The molecule has 0 atom stereocenters. The molecule has 1 aliphatic rings. The highest BCUT2D eigenvalue weighted by Gasteiger charge is 2.35. The fourth-order valence-corrected chi connectivity index (χ4v) is 3.30. The van der Waals surface area contributed by atoms with Crippen LogP contribution < -0.4 is 5.32 Å². The largest absolute Gasteiger partial charge is 0.381 e. The summed E-state index contributed by atoms with van der Waals surface area (Å²) >= 11 is 0. The van der Waals surface area contributed by atoms with E-state index in [9.17, 15) is 19.3 Å². The zero-order valence-corrected chi connectivity index (χ0v) is 14.1. The Bertz CT molecular complexity index is 801. The zero-order valence-electron chi connectivity index (χ0n) is 14.1. The van der Waals surface area contributed by atoms with E-state index in [1.807, 2.05) is 0 Å². The molecule has 1 aliphatic heterocycles. The summed E-state index contributed by atoms with van der Waals surface area (Å²) in [5.74, 6) is -0.815. The Labute approximate surface area is 150 Å². The van der Waals surface area contributed by atoms with Crippen molar-refractivity contribution >= 4 is 11.6 Å². The van der Waals surface area contributed by atoms with Gasteiger partial charge in [0.05, 0.1) is 4.92 Å². The first-order valence-corrected chi connectivity index (χ1v) is 8.37. The van der Waals surface area contributed by atoms with Gasteiger partial charge in [-0.2, -0.15) is 0 Å². The minimum absolute atomic E-state index is 0.0267. The van der Waals surface area contributed by atoms with Gasteiger partial charge in [0, 0.05) is 31.2 Å². The third-order valence-corrected chi connectivity index (χ3v) is 4.84. The molecule has 3 rings (SSSR count). The van der Waals surface area contributed by atoms with Crippen molar-refractivity contribution in [3.8, 4) is 0 Å². The predicted molar refractivity (Wildman–Crippen MR) is 93.6 cm³/mol. The van der Waals surface area contributed by atoms with E-state index in [4.69, 9.17) is 4.74 Å². The second kappa shape index (κ2) is 7.61. The quantitative estimate of drug-likeness (QED) is 0.657. The number of hydrogen-bond donors (Lipinski definition) is 1. The number of carbonyl (C=O) groups is 1. The lowest BCUT2D eigenvalue weighted by molar-refractivity contribution is -0.385. The SMILES string of the molecule is O=C(NCC1(c2ccc(F)cc2)CCOCC1)c1ccccc1[N+](=O)[O-]. The Balaban J connectivity index is 1.81. The van der Waals surface area contributed by atoms with Crippen LogP contribution in [0, 0.1) is 15.9 Å². The highest BCUT2D eigenvalue weighted by atomic mass is 19.1. The van der Waals surface area contributed by atoms with Gasteiger partial charge in [0.25, 0.3) is 11.6 Å². The Hall–Kier alpha value is -2.80. The number of ether oxygens (including phenoxy) is 1. The summed E-state index contributed by atoms with van der Waals surface area (Å²) in [5.41, 5.74) is 0.335. The van der Waals surface area contributed by atoms with E-state index < -0.39 is 10.8 Å². The third-order valence-electron chi connectivity index (χ3n) is 4.84. The van der Waals surface area contributed by atoms with Crippen LogP contribution in [0.25, 0.3) is 0 Å². The molecule has 2 aromatic rings. The number of amides is 1. The van der Waals surface area contributed by atoms with Gasteiger partial charge < -0.3 is 10.1 Å². The molecule has 0 spiro atoms. The highest BCUT2D eigenvalue weighted by molar-refractivity contribution is 5.98. The molecule has 136 valence electrons. The molecular weight excluding hydrogens is 339 g/mol. The van der Waals surface area contributed by atoms with E-state index in [1.54, 1.807) is 18.2 Å². The normalized spacial score (nSPS) is 16.0. The Kier molecular flexibility index (Phi) is 5.27. The summed E-state index contributed by atoms with van der Waals surface area (Å²) in [4.78, 5) is 23.1. The highest BCUT2D eigenvalue weighted by Crippen LogP contribution is 2.34. The van der Waals surface area contributed by atoms with Crippen LogP contribution in [0.4, 0.5) is 10.1 Å². The lowest BCUT2D eigenvalue weighted by atomic mass is 9.74. The number of benzene rings is 2. The summed E-state index contributed by atoms with van der Waals surface area (Å²) in [6, 6.07) is 12.1. The number of halogens is 1. The van der Waals surface area contributed by atoms with Crippen LogP contribution in [0.3, 0.4) is 0 Å². The Morgan fingerprint density at radius 3 is 2.46 bits per heavy atom. The van der Waals surface area contributed by atoms with Gasteiger partial charge in [0.15, 0.2) is 0 Å². The van der Waals surface area contributed by atoms with Crippen molar-refractivity contribution in [2.45, 2.75) is 18.3 Å². The minimum Gasteiger partial charge on any atom is -0.381 e. The van der Waals surface area contributed by atoms with Gasteiger partial charge in [-0.25, -0.2) is 4.39 Å². The van der Waals surface area contributed by atoms with Gasteiger partial charge in [-0.1, -0.05) is 24.3 Å². The molecule has 1 amide bonds. The smallest absolute Gasteiger partial charge is 0.282 e. The van der Waals surface area contributed by atoms with Crippen LogP contribution in [-0.2, 0) is 10.2 Å². The molecule has 7 heteroatoms. The molecule has 0 aliphatic carbocycles. The molecular formula is C19H19FN2O4. The van der Waals surface area contributed by atoms with Crippen LogP contribution in [0.2, 0.25) is 0 Å². The molecule has 0 saturated carbocycles. The lowest BCUT2D eigenvalue weighted by Crippen LogP contribution is -2.44. The first-order chi connectivity index (χ1) is 12.5. The summed E-state index contributed by atoms with van der Waals surface area (Å²) in [6.45, 7) is 1.38. The number of nitrogens with zero attached hydrogens (tertiary/aromatic N) is 1. The van der Waals surface area contributed by atoms with E-state index in [2.05, 4.69) is 5.32 Å². The topological polar surface area (TPSA) is 81.5 Å². The molecule has 0 bridgehead atoms. The van der Waals surface area contributed by atoms with Gasteiger partial charge in [0.1, 0.15) is 11.4 Å². The molecule has 2 aromatic carbocycles. The molecule has 0 aromatic heterocycles. The number of hydrogen-bond acceptors (Lipinski definition) is 4. The van der Waals surface area contributed by atoms with E-state index in [0.717, 1.165) is 5.56 Å². The summed E-state index contributed by atoms with van der Waals surface area (Å²) in [7, 11) is 0. The molecule has 0 radical (unpaired) electrons. The average molecular weight is 358 g/mol. The molecule has 26 heavy (non-hydrogen) atoms. The number of rotatable bonds is 5. The first kappa shape index (κ1) is 18.0. The minimum atomic E-state index is -0.570. The maximum absolute atomic E-state index is 13.3. The van der Waals surface area contributed by atoms with Crippen molar-refractivity contribution in [3.05, 3.63) is 75.6 Å². The fraction of sp³-hybridized carbons (Fsp3) is 0.316. The molecule has 1 heterocycles. The average Bonchev–Trinajstić information content (AvgIpc) is 2.67. The van der Waals surface area contributed by atoms with E-state index in [-0.39, 0.29) is 22.5 Å². The van der Waals surface area contributed by atoms with E-state index in [1.165, 1.54) is 30.3 Å². The van der Waals surface area contributed by atoms with Gasteiger partial charge in [-0.3, -0.25) is 14.9 Å². The number of nitro groups is 1. The first-order valence-electron chi connectivity index (χ1n) is 8.37. The van der Waals surface area contributed by atoms with Crippen molar-refractivity contribution in [1.29, 1.82) is 0 Å². The molecule has 6 nitrogen and oxygen atoms in total. The third kappa shape index (κ3) is 3.72. The Morgan fingerprint density at radius 2 is 1.81 bits per heavy atom.